The first-order valence-corrected chi connectivity index (χ1v) is 7.52. The Bertz CT molecular complexity index is 637. The van der Waals surface area contributed by atoms with E-state index >= 15 is 0 Å². The summed E-state index contributed by atoms with van der Waals surface area (Å²) in [6.45, 7) is 1.19. The van der Waals surface area contributed by atoms with E-state index in [-0.39, 0.29) is 11.8 Å². The molecule has 0 saturated carbocycles. The van der Waals surface area contributed by atoms with E-state index in [9.17, 15) is 4.79 Å². The topological polar surface area (TPSA) is 41.6 Å². The van der Waals surface area contributed by atoms with Crippen molar-refractivity contribution in [2.24, 2.45) is 5.92 Å². The lowest BCUT2D eigenvalue weighted by Crippen LogP contribution is -2.24. The van der Waals surface area contributed by atoms with Gasteiger partial charge in [-0.2, -0.15) is 0 Å². The van der Waals surface area contributed by atoms with E-state index in [1.807, 2.05) is 61.6 Å². The van der Waals surface area contributed by atoms with Crippen LogP contribution in [0.4, 0.5) is 17.1 Å². The maximum absolute atomic E-state index is 12.3. The molecule has 4 heteroatoms. The number of hydrogen-bond acceptors (Lipinski definition) is 3. The lowest BCUT2D eigenvalue weighted by Gasteiger charge is -2.23. The van der Waals surface area contributed by atoms with Crippen LogP contribution < -0.4 is 10.2 Å². The zero-order valence-electron chi connectivity index (χ0n) is 12.7. The number of benzene rings is 2. The molecule has 0 aromatic heterocycles. The highest BCUT2D eigenvalue weighted by Crippen LogP contribution is 2.31. The summed E-state index contributed by atoms with van der Waals surface area (Å²) in [6.07, 6.45) is 0.794. The average Bonchev–Trinajstić information content (AvgIpc) is 3.10. The van der Waals surface area contributed by atoms with Crippen LogP contribution in [-0.4, -0.2) is 26.2 Å². The van der Waals surface area contributed by atoms with Gasteiger partial charge in [-0.05, 0) is 30.7 Å². The fourth-order valence-electron chi connectivity index (χ4n) is 2.64. The van der Waals surface area contributed by atoms with Crippen molar-refractivity contribution < 1.29 is 9.53 Å². The van der Waals surface area contributed by atoms with Crippen molar-refractivity contribution in [1.82, 2.24) is 0 Å². The lowest BCUT2D eigenvalue weighted by molar-refractivity contribution is -0.119. The third-order valence-electron chi connectivity index (χ3n) is 3.97. The molecular weight excluding hydrogens is 276 g/mol. The van der Waals surface area contributed by atoms with Crippen molar-refractivity contribution in [1.29, 1.82) is 0 Å². The Labute approximate surface area is 130 Å². The largest absolute Gasteiger partial charge is 0.381 e. The van der Waals surface area contributed by atoms with Crippen LogP contribution in [0, 0.1) is 5.92 Å². The number of carbonyl (C=O) groups excluding carboxylic acids is 1. The first kappa shape index (κ1) is 14.6. The van der Waals surface area contributed by atoms with E-state index in [0.717, 1.165) is 23.5 Å². The Morgan fingerprint density at radius 2 is 1.86 bits per heavy atom. The SMILES string of the molecule is CN(c1ccccc1)c1ccccc1NC(=O)C1CCOC1. The summed E-state index contributed by atoms with van der Waals surface area (Å²) in [4.78, 5) is 14.4. The average molecular weight is 296 g/mol. The third kappa shape index (κ3) is 3.12. The standard InChI is InChI=1S/C18H20N2O2/c1-20(15-7-3-2-4-8-15)17-10-6-5-9-16(17)19-18(21)14-11-12-22-13-14/h2-10,14H,11-13H2,1H3,(H,19,21). The van der Waals surface area contributed by atoms with Crippen molar-refractivity contribution in [2.45, 2.75) is 6.42 Å². The van der Waals surface area contributed by atoms with Gasteiger partial charge in [0.1, 0.15) is 0 Å². The maximum atomic E-state index is 12.3. The molecule has 1 aliphatic heterocycles. The number of ether oxygens (including phenoxy) is 1. The van der Waals surface area contributed by atoms with Gasteiger partial charge >= 0.3 is 0 Å². The fraction of sp³-hybridized carbons (Fsp3) is 0.278. The Hall–Kier alpha value is -2.33. The van der Waals surface area contributed by atoms with Crippen LogP contribution in [0.1, 0.15) is 6.42 Å². The number of nitrogens with zero attached hydrogens (tertiary/aromatic N) is 1. The summed E-state index contributed by atoms with van der Waals surface area (Å²) in [7, 11) is 2.00. The molecule has 1 N–H and O–H groups in total. The van der Waals surface area contributed by atoms with Crippen LogP contribution in [0.5, 0.6) is 0 Å². The zero-order chi connectivity index (χ0) is 15.4. The number of para-hydroxylation sites is 3. The summed E-state index contributed by atoms with van der Waals surface area (Å²) < 4.78 is 5.29. The molecule has 1 fully saturated rings. The van der Waals surface area contributed by atoms with E-state index in [1.54, 1.807) is 0 Å². The number of anilines is 3. The molecule has 4 nitrogen and oxygen atoms in total. The molecule has 0 bridgehead atoms. The summed E-state index contributed by atoms with van der Waals surface area (Å²) in [5, 5.41) is 3.04. The first-order valence-electron chi connectivity index (χ1n) is 7.52. The second kappa shape index (κ2) is 6.62. The van der Waals surface area contributed by atoms with Crippen molar-refractivity contribution in [2.75, 3.05) is 30.5 Å². The van der Waals surface area contributed by atoms with Crippen molar-refractivity contribution in [3.05, 3.63) is 54.6 Å². The van der Waals surface area contributed by atoms with Crippen LogP contribution in [0.2, 0.25) is 0 Å². The smallest absolute Gasteiger partial charge is 0.229 e. The molecule has 0 radical (unpaired) electrons. The number of carbonyl (C=O) groups is 1. The monoisotopic (exact) mass is 296 g/mol. The second-order valence-corrected chi connectivity index (χ2v) is 5.46. The quantitative estimate of drug-likeness (QED) is 0.940. The molecule has 2 aromatic carbocycles. The van der Waals surface area contributed by atoms with Crippen molar-refractivity contribution >= 4 is 23.0 Å². The Balaban J connectivity index is 1.82. The Morgan fingerprint density at radius 3 is 2.59 bits per heavy atom. The van der Waals surface area contributed by atoms with Crippen molar-refractivity contribution in [3.63, 3.8) is 0 Å². The highest BCUT2D eigenvalue weighted by molar-refractivity contribution is 5.96. The van der Waals surface area contributed by atoms with Gasteiger partial charge in [-0.25, -0.2) is 0 Å². The molecule has 0 spiro atoms. The van der Waals surface area contributed by atoms with E-state index in [2.05, 4.69) is 10.2 Å². The van der Waals surface area contributed by atoms with Crippen LogP contribution >= 0.6 is 0 Å². The molecule has 1 atom stereocenters. The summed E-state index contributed by atoms with van der Waals surface area (Å²) in [6, 6.07) is 17.9. The van der Waals surface area contributed by atoms with Gasteiger partial charge in [0.05, 0.1) is 23.9 Å². The van der Waals surface area contributed by atoms with Gasteiger partial charge in [0.15, 0.2) is 0 Å². The Kier molecular flexibility index (Phi) is 4.39. The Morgan fingerprint density at radius 1 is 1.14 bits per heavy atom. The van der Waals surface area contributed by atoms with Crippen LogP contribution in [0.3, 0.4) is 0 Å². The van der Waals surface area contributed by atoms with E-state index in [4.69, 9.17) is 4.74 Å². The predicted octanol–water partition coefficient (Wildman–Crippen LogP) is 3.43. The van der Waals surface area contributed by atoms with Gasteiger partial charge in [-0.1, -0.05) is 30.3 Å². The summed E-state index contributed by atoms with van der Waals surface area (Å²) >= 11 is 0. The third-order valence-corrected chi connectivity index (χ3v) is 3.97. The molecule has 1 saturated heterocycles. The lowest BCUT2D eigenvalue weighted by atomic mass is 10.1. The summed E-state index contributed by atoms with van der Waals surface area (Å²) in [5.74, 6) is -0.0125. The van der Waals surface area contributed by atoms with Crippen LogP contribution in [0.25, 0.3) is 0 Å². The molecular formula is C18H20N2O2. The molecule has 2 aromatic rings. The van der Waals surface area contributed by atoms with Gasteiger partial charge in [0.2, 0.25) is 5.91 Å². The molecule has 22 heavy (non-hydrogen) atoms. The maximum Gasteiger partial charge on any atom is 0.229 e. The minimum absolute atomic E-state index is 0.0337. The molecule has 3 rings (SSSR count). The van der Waals surface area contributed by atoms with Gasteiger partial charge in [-0.15, -0.1) is 0 Å². The van der Waals surface area contributed by atoms with E-state index in [1.165, 1.54) is 0 Å². The molecule has 1 amide bonds. The molecule has 114 valence electrons. The highest BCUT2D eigenvalue weighted by atomic mass is 16.5. The van der Waals surface area contributed by atoms with E-state index in [0.29, 0.717) is 13.2 Å². The molecule has 0 aliphatic carbocycles. The molecule has 1 heterocycles. The molecule has 1 aliphatic rings. The minimum atomic E-state index is -0.0462. The number of amides is 1. The van der Waals surface area contributed by atoms with Crippen LogP contribution in [-0.2, 0) is 9.53 Å². The highest BCUT2D eigenvalue weighted by Gasteiger charge is 2.24. The number of rotatable bonds is 4. The van der Waals surface area contributed by atoms with Crippen LogP contribution in [0.15, 0.2) is 54.6 Å². The van der Waals surface area contributed by atoms with E-state index < -0.39 is 0 Å². The fourth-order valence-corrected chi connectivity index (χ4v) is 2.64. The summed E-state index contributed by atoms with van der Waals surface area (Å²) in [5.41, 5.74) is 2.88. The minimum Gasteiger partial charge on any atom is -0.381 e. The van der Waals surface area contributed by atoms with Crippen molar-refractivity contribution in [3.8, 4) is 0 Å². The van der Waals surface area contributed by atoms with Gasteiger partial charge in [0, 0.05) is 19.3 Å². The number of nitrogens with one attached hydrogen (secondary N) is 1. The predicted molar refractivity (Wildman–Crippen MR) is 88.5 cm³/mol. The number of hydrogen-bond donors (Lipinski definition) is 1. The normalized spacial score (nSPS) is 17.2. The van der Waals surface area contributed by atoms with Gasteiger partial charge < -0.3 is 15.0 Å². The molecule has 1 unspecified atom stereocenters. The second-order valence-electron chi connectivity index (χ2n) is 5.46. The van der Waals surface area contributed by atoms with Gasteiger partial charge in [0.25, 0.3) is 0 Å². The zero-order valence-corrected chi connectivity index (χ0v) is 12.7. The van der Waals surface area contributed by atoms with Gasteiger partial charge in [-0.3, -0.25) is 4.79 Å². The first-order chi connectivity index (χ1) is 10.8.